The molecule has 0 atom stereocenters. The number of methoxy groups -OCH3 is 1. The Hall–Kier alpha value is -2.46. The monoisotopic (exact) mass is 283 g/mol. The maximum Gasteiger partial charge on any atom is 0.161 e. The number of fused-ring (bicyclic) bond motifs is 1. The van der Waals surface area contributed by atoms with Gasteiger partial charge in [-0.05, 0) is 18.2 Å². The highest BCUT2D eigenvalue weighted by atomic mass is 16.5. The lowest BCUT2D eigenvalue weighted by Crippen LogP contribution is -2.03. The summed E-state index contributed by atoms with van der Waals surface area (Å²) >= 11 is 0. The van der Waals surface area contributed by atoms with Gasteiger partial charge in [0, 0.05) is 17.5 Å². The third kappa shape index (κ3) is 2.58. The van der Waals surface area contributed by atoms with Gasteiger partial charge in [0.2, 0.25) is 0 Å². The third-order valence-electron chi connectivity index (χ3n) is 3.41. The molecule has 0 radical (unpaired) electrons. The third-order valence-corrected chi connectivity index (χ3v) is 3.41. The van der Waals surface area contributed by atoms with Crippen molar-refractivity contribution in [2.24, 2.45) is 5.73 Å². The van der Waals surface area contributed by atoms with Crippen molar-refractivity contribution < 1.29 is 13.9 Å². The maximum atomic E-state index is 5.85. The number of rotatable bonds is 5. The number of hydrogen-bond donors (Lipinski definition) is 1. The highest BCUT2D eigenvalue weighted by Gasteiger charge is 2.13. The van der Waals surface area contributed by atoms with E-state index in [2.05, 4.69) is 0 Å². The standard InChI is InChI=1S/C17H17NO3/c1-19-15-8-4-5-9-16(15)20-11-17-13(10-18)12-6-2-3-7-14(12)21-17/h2-9H,10-11,18H2,1H3. The fourth-order valence-electron chi connectivity index (χ4n) is 2.37. The second kappa shape index (κ2) is 5.89. The van der Waals surface area contributed by atoms with Crippen LogP contribution in [0.3, 0.4) is 0 Å². The highest BCUT2D eigenvalue weighted by molar-refractivity contribution is 5.82. The van der Waals surface area contributed by atoms with Crippen LogP contribution in [-0.4, -0.2) is 7.11 Å². The Morgan fingerprint density at radius 2 is 1.71 bits per heavy atom. The van der Waals surface area contributed by atoms with Crippen LogP contribution in [0.4, 0.5) is 0 Å². The molecule has 21 heavy (non-hydrogen) atoms. The van der Waals surface area contributed by atoms with E-state index in [9.17, 15) is 0 Å². The zero-order valence-electron chi connectivity index (χ0n) is 11.8. The van der Waals surface area contributed by atoms with E-state index < -0.39 is 0 Å². The Bertz CT molecular complexity index is 749. The summed E-state index contributed by atoms with van der Waals surface area (Å²) in [6.07, 6.45) is 0. The first-order valence-corrected chi connectivity index (χ1v) is 6.78. The summed E-state index contributed by atoms with van der Waals surface area (Å²) in [5.74, 6) is 2.14. The van der Waals surface area contributed by atoms with Gasteiger partial charge in [-0.25, -0.2) is 0 Å². The molecular weight excluding hydrogens is 266 g/mol. The SMILES string of the molecule is COc1ccccc1OCc1oc2ccccc2c1CN. The van der Waals surface area contributed by atoms with Gasteiger partial charge >= 0.3 is 0 Å². The van der Waals surface area contributed by atoms with Crippen LogP contribution in [0.15, 0.2) is 52.9 Å². The molecule has 3 rings (SSSR count). The van der Waals surface area contributed by atoms with E-state index in [-0.39, 0.29) is 0 Å². The average Bonchev–Trinajstić information content (AvgIpc) is 2.90. The van der Waals surface area contributed by atoms with E-state index in [0.29, 0.717) is 24.7 Å². The molecule has 0 aliphatic heterocycles. The van der Waals surface area contributed by atoms with Crippen molar-refractivity contribution in [1.82, 2.24) is 0 Å². The minimum atomic E-state index is 0.321. The van der Waals surface area contributed by atoms with Gasteiger partial charge in [-0.3, -0.25) is 0 Å². The summed E-state index contributed by atoms with van der Waals surface area (Å²) in [7, 11) is 1.62. The fourth-order valence-corrected chi connectivity index (χ4v) is 2.37. The summed E-state index contributed by atoms with van der Waals surface area (Å²) in [4.78, 5) is 0. The van der Waals surface area contributed by atoms with Crippen molar-refractivity contribution >= 4 is 11.0 Å². The Kier molecular flexibility index (Phi) is 3.79. The Labute approximate surface area is 123 Å². The smallest absolute Gasteiger partial charge is 0.161 e. The van der Waals surface area contributed by atoms with Crippen molar-refractivity contribution in [3.8, 4) is 11.5 Å². The molecule has 0 unspecified atom stereocenters. The van der Waals surface area contributed by atoms with Gasteiger partial charge in [-0.2, -0.15) is 0 Å². The van der Waals surface area contributed by atoms with Crippen LogP contribution in [0.2, 0.25) is 0 Å². The molecular formula is C17H17NO3. The number of nitrogens with two attached hydrogens (primary N) is 1. The fraction of sp³-hybridized carbons (Fsp3) is 0.176. The van der Waals surface area contributed by atoms with Crippen molar-refractivity contribution in [2.75, 3.05) is 7.11 Å². The Morgan fingerprint density at radius 3 is 2.48 bits per heavy atom. The normalized spacial score (nSPS) is 10.8. The van der Waals surface area contributed by atoms with Crippen LogP contribution in [-0.2, 0) is 13.2 Å². The molecule has 0 amide bonds. The zero-order valence-corrected chi connectivity index (χ0v) is 11.8. The van der Waals surface area contributed by atoms with Crippen molar-refractivity contribution in [3.05, 3.63) is 59.9 Å². The topological polar surface area (TPSA) is 57.6 Å². The molecule has 4 heteroatoms. The van der Waals surface area contributed by atoms with Crippen LogP contribution < -0.4 is 15.2 Å². The summed E-state index contributed by atoms with van der Waals surface area (Å²) in [6, 6.07) is 15.4. The van der Waals surface area contributed by atoms with E-state index in [1.54, 1.807) is 7.11 Å². The molecule has 2 aromatic carbocycles. The second-order valence-corrected chi connectivity index (χ2v) is 4.64. The van der Waals surface area contributed by atoms with Gasteiger partial charge in [0.1, 0.15) is 18.0 Å². The molecule has 3 aromatic rings. The predicted molar refractivity (Wildman–Crippen MR) is 81.4 cm³/mol. The van der Waals surface area contributed by atoms with E-state index in [0.717, 1.165) is 22.3 Å². The minimum absolute atomic E-state index is 0.321. The van der Waals surface area contributed by atoms with Gasteiger partial charge in [0.25, 0.3) is 0 Å². The summed E-state index contributed by atoms with van der Waals surface area (Å²) in [6.45, 7) is 0.739. The van der Waals surface area contributed by atoms with E-state index >= 15 is 0 Å². The molecule has 0 bridgehead atoms. The van der Waals surface area contributed by atoms with Crippen LogP contribution in [0.1, 0.15) is 11.3 Å². The van der Waals surface area contributed by atoms with E-state index in [4.69, 9.17) is 19.6 Å². The molecule has 4 nitrogen and oxygen atoms in total. The number of ether oxygens (including phenoxy) is 2. The zero-order chi connectivity index (χ0) is 14.7. The molecule has 0 spiro atoms. The largest absolute Gasteiger partial charge is 0.493 e. The number of benzene rings is 2. The first-order chi connectivity index (χ1) is 10.3. The molecule has 0 fully saturated rings. The van der Waals surface area contributed by atoms with Crippen LogP contribution >= 0.6 is 0 Å². The number of para-hydroxylation sites is 3. The van der Waals surface area contributed by atoms with Gasteiger partial charge < -0.3 is 19.6 Å². The summed E-state index contributed by atoms with van der Waals surface area (Å²) in [5, 5.41) is 1.04. The first kappa shape index (κ1) is 13.5. The molecule has 0 aliphatic carbocycles. The second-order valence-electron chi connectivity index (χ2n) is 4.64. The number of hydrogen-bond acceptors (Lipinski definition) is 4. The summed E-state index contributed by atoms with van der Waals surface area (Å²) < 4.78 is 16.9. The van der Waals surface area contributed by atoms with Crippen LogP contribution in [0.25, 0.3) is 11.0 Å². The van der Waals surface area contributed by atoms with Gasteiger partial charge in [0.05, 0.1) is 7.11 Å². The average molecular weight is 283 g/mol. The molecule has 108 valence electrons. The van der Waals surface area contributed by atoms with Crippen molar-refractivity contribution in [2.45, 2.75) is 13.2 Å². The maximum absolute atomic E-state index is 5.85. The minimum Gasteiger partial charge on any atom is -0.493 e. The Balaban J connectivity index is 1.88. The lowest BCUT2D eigenvalue weighted by atomic mass is 10.1. The molecule has 2 N–H and O–H groups in total. The molecule has 1 aromatic heterocycles. The lowest BCUT2D eigenvalue weighted by molar-refractivity contribution is 0.258. The van der Waals surface area contributed by atoms with Gasteiger partial charge in [0.15, 0.2) is 11.5 Å². The molecule has 1 heterocycles. The molecule has 0 saturated carbocycles. The quantitative estimate of drug-likeness (QED) is 0.779. The van der Waals surface area contributed by atoms with Gasteiger partial charge in [-0.15, -0.1) is 0 Å². The molecule has 0 aliphatic rings. The van der Waals surface area contributed by atoms with Crippen LogP contribution in [0.5, 0.6) is 11.5 Å². The first-order valence-electron chi connectivity index (χ1n) is 6.78. The Morgan fingerprint density at radius 1 is 1.00 bits per heavy atom. The predicted octanol–water partition coefficient (Wildman–Crippen LogP) is 3.48. The van der Waals surface area contributed by atoms with E-state index in [1.165, 1.54) is 0 Å². The molecule has 0 saturated heterocycles. The van der Waals surface area contributed by atoms with E-state index in [1.807, 2.05) is 48.5 Å². The van der Waals surface area contributed by atoms with Crippen LogP contribution in [0, 0.1) is 0 Å². The van der Waals surface area contributed by atoms with Crippen molar-refractivity contribution in [3.63, 3.8) is 0 Å². The summed E-state index contributed by atoms with van der Waals surface area (Å²) in [5.41, 5.74) is 7.66. The van der Waals surface area contributed by atoms with Gasteiger partial charge in [-0.1, -0.05) is 30.3 Å². The lowest BCUT2D eigenvalue weighted by Gasteiger charge is -2.09. The highest BCUT2D eigenvalue weighted by Crippen LogP contribution is 2.29. The number of furan rings is 1. The van der Waals surface area contributed by atoms with Crippen molar-refractivity contribution in [1.29, 1.82) is 0 Å².